The summed E-state index contributed by atoms with van der Waals surface area (Å²) in [6.07, 6.45) is -1.16. The van der Waals surface area contributed by atoms with Gasteiger partial charge in [-0.2, -0.15) is 0 Å². The first-order chi connectivity index (χ1) is 8.60. The Balaban J connectivity index is 2.79. The maximum atomic E-state index is 10.6. The number of hydrogen-bond acceptors (Lipinski definition) is 4. The Hall–Kier alpha value is -1.88. The van der Waals surface area contributed by atoms with Crippen LogP contribution in [0.3, 0.4) is 0 Å². The molecule has 2 atom stereocenters. The van der Waals surface area contributed by atoms with Crippen LogP contribution in [0, 0.1) is 6.92 Å². The number of azide groups is 1. The fourth-order valence-corrected chi connectivity index (χ4v) is 1.70. The summed E-state index contributed by atoms with van der Waals surface area (Å²) in [6, 6.07) is 4.84. The van der Waals surface area contributed by atoms with Gasteiger partial charge in [0, 0.05) is 17.0 Å². The number of aldehydes is 1. The Morgan fingerprint density at radius 2 is 2.22 bits per heavy atom. The normalized spacial score (nSPS) is 13.5. The molecule has 0 fully saturated rings. The number of nitrogens with zero attached hydrogens (tertiary/aromatic N) is 3. The van der Waals surface area contributed by atoms with Crippen molar-refractivity contribution < 1.29 is 15.0 Å². The summed E-state index contributed by atoms with van der Waals surface area (Å²) in [5.74, 6) is 0. The first kappa shape index (κ1) is 14.2. The summed E-state index contributed by atoms with van der Waals surface area (Å²) in [5.41, 5.74) is 9.93. The molecule has 0 radical (unpaired) electrons. The first-order valence-corrected chi connectivity index (χ1v) is 5.53. The fraction of sp³-hybridized carbons (Fsp3) is 0.417. The van der Waals surface area contributed by atoms with Crippen molar-refractivity contribution in [1.29, 1.82) is 0 Å². The van der Waals surface area contributed by atoms with E-state index in [0.717, 1.165) is 11.8 Å². The minimum atomic E-state index is -1.06. The molecule has 6 nitrogen and oxygen atoms in total. The Morgan fingerprint density at radius 1 is 1.50 bits per heavy atom. The summed E-state index contributed by atoms with van der Waals surface area (Å²) in [7, 11) is 0. The molecule has 0 heterocycles. The molecule has 2 unspecified atom stereocenters. The Morgan fingerprint density at radius 3 is 2.78 bits per heavy atom. The number of carbonyl (C=O) groups is 1. The lowest BCUT2D eigenvalue weighted by molar-refractivity contribution is 0.0147. The van der Waals surface area contributed by atoms with Crippen LogP contribution >= 0.6 is 0 Å². The number of rotatable bonds is 6. The summed E-state index contributed by atoms with van der Waals surface area (Å²) in [4.78, 5) is 13.2. The van der Waals surface area contributed by atoms with Crippen LogP contribution in [0.5, 0.6) is 0 Å². The molecule has 1 aromatic rings. The maximum absolute atomic E-state index is 10.6. The minimum absolute atomic E-state index is 0.125. The smallest absolute Gasteiger partial charge is 0.150 e. The van der Waals surface area contributed by atoms with E-state index in [-0.39, 0.29) is 13.0 Å². The van der Waals surface area contributed by atoms with Crippen LogP contribution < -0.4 is 0 Å². The van der Waals surface area contributed by atoms with Crippen molar-refractivity contribution >= 4 is 6.29 Å². The molecular weight excluding hydrogens is 234 g/mol. The molecule has 0 amide bonds. The number of aliphatic hydroxyl groups is 2. The van der Waals surface area contributed by atoms with Gasteiger partial charge in [-0.15, -0.1) is 0 Å². The van der Waals surface area contributed by atoms with Crippen molar-refractivity contribution in [2.45, 2.75) is 25.6 Å². The molecule has 0 saturated carbocycles. The van der Waals surface area contributed by atoms with Gasteiger partial charge in [-0.3, -0.25) is 4.79 Å². The van der Waals surface area contributed by atoms with Crippen LogP contribution in [0.15, 0.2) is 23.3 Å². The van der Waals surface area contributed by atoms with Gasteiger partial charge >= 0.3 is 0 Å². The van der Waals surface area contributed by atoms with E-state index in [2.05, 4.69) is 10.0 Å². The molecule has 2 N–H and O–H groups in total. The highest BCUT2D eigenvalue weighted by molar-refractivity contribution is 5.75. The second-order valence-corrected chi connectivity index (χ2v) is 3.99. The van der Waals surface area contributed by atoms with Crippen LogP contribution in [-0.2, 0) is 0 Å². The van der Waals surface area contributed by atoms with Gasteiger partial charge in [0.1, 0.15) is 12.4 Å². The summed E-state index contributed by atoms with van der Waals surface area (Å²) in [6.45, 7) is 1.88. The molecule has 6 heteroatoms. The number of hydrogen-bond donors (Lipinski definition) is 2. The van der Waals surface area contributed by atoms with E-state index >= 15 is 0 Å². The Kier molecular flexibility index (Phi) is 5.32. The standard InChI is InChI=1S/C12H15N3O3/c1-8-6-9(7-16)2-3-10(8)12(18)11(17)4-5-14-15-13/h2-3,6-7,11-12,17-18H,4-5H2,1H3. The van der Waals surface area contributed by atoms with Gasteiger partial charge in [0.25, 0.3) is 0 Å². The van der Waals surface area contributed by atoms with Crippen molar-refractivity contribution in [3.8, 4) is 0 Å². The van der Waals surface area contributed by atoms with Gasteiger partial charge in [0.05, 0.1) is 6.10 Å². The van der Waals surface area contributed by atoms with Crippen molar-refractivity contribution in [3.05, 3.63) is 45.3 Å². The lowest BCUT2D eigenvalue weighted by Gasteiger charge is -2.19. The number of aliphatic hydroxyl groups excluding tert-OH is 2. The third kappa shape index (κ3) is 3.56. The van der Waals surface area contributed by atoms with E-state index in [0.29, 0.717) is 11.1 Å². The molecule has 0 spiro atoms. The largest absolute Gasteiger partial charge is 0.390 e. The molecule has 1 rings (SSSR count). The second-order valence-electron chi connectivity index (χ2n) is 3.99. The van der Waals surface area contributed by atoms with Gasteiger partial charge in [0.2, 0.25) is 0 Å². The SMILES string of the molecule is Cc1cc(C=O)ccc1C(O)C(O)CCN=[N+]=[N-]. The molecule has 0 aliphatic heterocycles. The number of benzene rings is 1. The van der Waals surface area contributed by atoms with Crippen molar-refractivity contribution in [1.82, 2.24) is 0 Å². The third-order valence-electron chi connectivity index (χ3n) is 2.70. The first-order valence-electron chi connectivity index (χ1n) is 5.53. The van der Waals surface area contributed by atoms with Gasteiger partial charge in [-0.05, 0) is 36.1 Å². The zero-order valence-electron chi connectivity index (χ0n) is 10.0. The van der Waals surface area contributed by atoms with Crippen molar-refractivity contribution in [2.75, 3.05) is 6.54 Å². The number of carbonyl (C=O) groups excluding carboxylic acids is 1. The van der Waals surface area contributed by atoms with Crippen LogP contribution in [0.25, 0.3) is 10.4 Å². The molecule has 0 aliphatic rings. The van der Waals surface area contributed by atoms with Crippen LogP contribution in [0.1, 0.15) is 34.0 Å². The lowest BCUT2D eigenvalue weighted by atomic mass is 9.96. The number of aryl methyl sites for hydroxylation is 1. The summed E-state index contributed by atoms with van der Waals surface area (Å²) >= 11 is 0. The highest BCUT2D eigenvalue weighted by Gasteiger charge is 2.19. The quantitative estimate of drug-likeness (QED) is 0.348. The van der Waals surface area contributed by atoms with Crippen LogP contribution in [0.2, 0.25) is 0 Å². The molecule has 0 aliphatic carbocycles. The van der Waals surface area contributed by atoms with Crippen LogP contribution in [0.4, 0.5) is 0 Å². The minimum Gasteiger partial charge on any atom is -0.390 e. The molecule has 0 saturated heterocycles. The summed E-state index contributed by atoms with van der Waals surface area (Å²) < 4.78 is 0. The Labute approximate surface area is 105 Å². The summed E-state index contributed by atoms with van der Waals surface area (Å²) in [5, 5.41) is 23.0. The van der Waals surface area contributed by atoms with Crippen molar-refractivity contribution in [2.24, 2.45) is 5.11 Å². The van der Waals surface area contributed by atoms with Gasteiger partial charge < -0.3 is 10.2 Å². The van der Waals surface area contributed by atoms with Gasteiger partial charge in [-0.25, -0.2) is 0 Å². The molecule has 0 bridgehead atoms. The van der Waals surface area contributed by atoms with Gasteiger partial charge in [-0.1, -0.05) is 17.2 Å². The average Bonchev–Trinajstić information content (AvgIpc) is 2.38. The monoisotopic (exact) mass is 249 g/mol. The van der Waals surface area contributed by atoms with Gasteiger partial charge in [0.15, 0.2) is 0 Å². The highest BCUT2D eigenvalue weighted by atomic mass is 16.3. The molecule has 1 aromatic carbocycles. The van der Waals surface area contributed by atoms with E-state index in [1.54, 1.807) is 25.1 Å². The van der Waals surface area contributed by atoms with E-state index in [9.17, 15) is 15.0 Å². The van der Waals surface area contributed by atoms with E-state index in [4.69, 9.17) is 5.53 Å². The Bertz CT molecular complexity index is 470. The molecule has 0 aromatic heterocycles. The van der Waals surface area contributed by atoms with E-state index in [1.807, 2.05) is 0 Å². The average molecular weight is 249 g/mol. The molecular formula is C12H15N3O3. The fourth-order valence-electron chi connectivity index (χ4n) is 1.70. The predicted molar refractivity (Wildman–Crippen MR) is 66.2 cm³/mol. The van der Waals surface area contributed by atoms with E-state index < -0.39 is 12.2 Å². The van der Waals surface area contributed by atoms with Crippen molar-refractivity contribution in [3.63, 3.8) is 0 Å². The van der Waals surface area contributed by atoms with E-state index in [1.165, 1.54) is 0 Å². The third-order valence-corrected chi connectivity index (χ3v) is 2.70. The topological polar surface area (TPSA) is 106 Å². The van der Waals surface area contributed by atoms with Crippen LogP contribution in [-0.4, -0.2) is 29.1 Å². The zero-order valence-corrected chi connectivity index (χ0v) is 10.0. The lowest BCUT2D eigenvalue weighted by Crippen LogP contribution is -2.20. The maximum Gasteiger partial charge on any atom is 0.150 e. The molecule has 18 heavy (non-hydrogen) atoms. The second kappa shape index (κ2) is 6.76. The highest BCUT2D eigenvalue weighted by Crippen LogP contribution is 2.23. The zero-order chi connectivity index (χ0) is 13.5. The predicted octanol–water partition coefficient (Wildman–Crippen LogP) is 1.90. The molecule has 96 valence electrons.